The molecule has 0 atom stereocenters. The summed E-state index contributed by atoms with van der Waals surface area (Å²) < 4.78 is 62.4. The van der Waals surface area contributed by atoms with Gasteiger partial charge in [0.05, 0.1) is 6.20 Å². The molecule has 3 rings (SSSR count). The van der Waals surface area contributed by atoms with Crippen LogP contribution in [0, 0.1) is 5.82 Å². The van der Waals surface area contributed by atoms with Gasteiger partial charge in [-0.15, -0.1) is 0 Å². The van der Waals surface area contributed by atoms with Crippen LogP contribution < -0.4 is 9.86 Å². The first kappa shape index (κ1) is 23.8. The lowest BCUT2D eigenvalue weighted by molar-refractivity contribution is 0.596. The van der Waals surface area contributed by atoms with Crippen LogP contribution in [0.3, 0.4) is 0 Å². The second-order valence-corrected chi connectivity index (χ2v) is 10.2. The number of hydrogen-bond acceptors (Lipinski definition) is 8. The Bertz CT molecular complexity index is 1310. The number of hydrogen-bond donors (Lipinski definition) is 2. The number of nitrogens with one attached hydrogen (secondary N) is 1. The van der Waals surface area contributed by atoms with Crippen molar-refractivity contribution >= 4 is 43.2 Å². The number of nitrogens with zero attached hydrogens (tertiary/aromatic N) is 4. The highest BCUT2D eigenvalue weighted by molar-refractivity contribution is 7.92. The summed E-state index contributed by atoms with van der Waals surface area (Å²) in [5.41, 5.74) is 2.06. The maximum Gasteiger partial charge on any atom is 0.251 e. The van der Waals surface area contributed by atoms with Crippen molar-refractivity contribution in [1.82, 2.24) is 14.7 Å². The summed E-state index contributed by atoms with van der Waals surface area (Å²) in [6.07, 6.45) is 9.07. The largest absolute Gasteiger partial charge is 0.251 e. The quantitative estimate of drug-likeness (QED) is 0.657. The third-order valence-corrected chi connectivity index (χ3v) is 6.21. The molecular weight excluding hydrogens is 459 g/mol. The Kier molecular flexibility index (Phi) is 7.23. The minimum absolute atomic E-state index is 0.0458. The zero-order chi connectivity index (χ0) is 23.4. The molecule has 0 unspecified atom stereocenters. The van der Waals surface area contributed by atoms with Crippen molar-refractivity contribution in [3.8, 4) is 0 Å². The van der Waals surface area contributed by atoms with Gasteiger partial charge in [0.25, 0.3) is 5.95 Å². The summed E-state index contributed by atoms with van der Waals surface area (Å²) in [5.74, 6) is -1.05. The predicted octanol–water partition coefficient (Wildman–Crippen LogP) is 2.07. The Morgan fingerprint density at radius 3 is 2.22 bits per heavy atom. The highest BCUT2D eigenvalue weighted by atomic mass is 32.2. The van der Waals surface area contributed by atoms with E-state index >= 15 is 0 Å². The summed E-state index contributed by atoms with van der Waals surface area (Å²) in [4.78, 5) is 16.3. The van der Waals surface area contributed by atoms with Crippen molar-refractivity contribution < 1.29 is 21.2 Å². The number of allylic oxidation sites excluding steroid dienone is 6. The van der Waals surface area contributed by atoms with Gasteiger partial charge in [0, 0.05) is 35.1 Å². The third kappa shape index (κ3) is 7.09. The molecule has 0 fully saturated rings. The highest BCUT2D eigenvalue weighted by Crippen LogP contribution is 2.24. The molecule has 0 aliphatic heterocycles. The van der Waals surface area contributed by atoms with Gasteiger partial charge in [-0.25, -0.2) is 46.1 Å². The average Bonchev–Trinajstić information content (AvgIpc) is 2.69. The van der Waals surface area contributed by atoms with E-state index in [9.17, 15) is 21.2 Å². The summed E-state index contributed by atoms with van der Waals surface area (Å²) in [6, 6.07) is 0. The molecular formula is C19H21FN6O4S2. The monoisotopic (exact) mass is 480 g/mol. The summed E-state index contributed by atoms with van der Waals surface area (Å²) >= 11 is 0. The number of aliphatic imine (C=N–C) groups is 2. The van der Waals surface area contributed by atoms with E-state index < -0.39 is 25.9 Å². The van der Waals surface area contributed by atoms with Crippen LogP contribution in [0.4, 0.5) is 16.2 Å². The number of aromatic nitrogens is 2. The number of halogens is 1. The molecule has 0 spiro atoms. The van der Waals surface area contributed by atoms with Crippen molar-refractivity contribution in [2.24, 2.45) is 15.1 Å². The second-order valence-electron chi connectivity index (χ2n) is 7.00. The van der Waals surface area contributed by atoms with Crippen LogP contribution in [0.1, 0.15) is 25.7 Å². The minimum atomic E-state index is -3.77. The number of primary sulfonamides is 1. The Balaban J connectivity index is 1.87. The van der Waals surface area contributed by atoms with Gasteiger partial charge in [0.1, 0.15) is 0 Å². The average molecular weight is 481 g/mol. The molecule has 10 nitrogen and oxygen atoms in total. The summed E-state index contributed by atoms with van der Waals surface area (Å²) in [6.45, 7) is 0. The van der Waals surface area contributed by atoms with Crippen LogP contribution in [-0.4, -0.2) is 45.3 Å². The van der Waals surface area contributed by atoms with Crippen LogP contribution in [0.2, 0.25) is 0 Å². The minimum Gasteiger partial charge on any atom is -0.231 e. The van der Waals surface area contributed by atoms with E-state index in [1.807, 2.05) is 0 Å². The maximum atomic E-state index is 14.2. The van der Waals surface area contributed by atoms with E-state index in [1.165, 1.54) is 7.05 Å². The number of sulfonamides is 2. The molecule has 32 heavy (non-hydrogen) atoms. The molecule has 170 valence electrons. The van der Waals surface area contributed by atoms with Gasteiger partial charge in [-0.1, -0.05) is 12.2 Å². The molecule has 13 heteroatoms. The lowest BCUT2D eigenvalue weighted by Crippen LogP contribution is -2.16. The fraction of sp³-hybridized carbons (Fsp3) is 0.263. The first-order valence-electron chi connectivity index (χ1n) is 9.39. The Hall–Kier alpha value is -2.87. The molecule has 0 saturated carbocycles. The molecule has 1 aromatic heterocycles. The van der Waals surface area contributed by atoms with Gasteiger partial charge in [-0.05, 0) is 43.2 Å². The molecule has 0 saturated heterocycles. The lowest BCUT2D eigenvalue weighted by Gasteiger charge is -2.11. The smallest absolute Gasteiger partial charge is 0.231 e. The topological polar surface area (TPSA) is 157 Å². The van der Waals surface area contributed by atoms with Crippen molar-refractivity contribution in [3.63, 3.8) is 0 Å². The van der Waals surface area contributed by atoms with Crippen LogP contribution in [-0.2, 0) is 20.0 Å². The third-order valence-electron chi connectivity index (χ3n) is 4.34. The van der Waals surface area contributed by atoms with E-state index in [0.717, 1.165) is 17.0 Å². The van der Waals surface area contributed by atoms with Crippen molar-refractivity contribution in [3.05, 3.63) is 58.3 Å². The lowest BCUT2D eigenvalue weighted by atomic mass is 10.0. The molecule has 0 radical (unpaired) electrons. The van der Waals surface area contributed by atoms with Gasteiger partial charge in [0.15, 0.2) is 11.6 Å². The van der Waals surface area contributed by atoms with Gasteiger partial charge >= 0.3 is 0 Å². The standard InChI is InChI=1S/C19H21FN6O4S2/c1-22-32(29,30)12-14-5-3-6-15(9-14)24-18-17(20)10-23-19(26-18)25-16-7-2-4-13(8-16)11-31(21,27)28/h2-3,6-7,10-12,22H,4-5,8-9H2,1H3,(H2,21,27,28). The van der Waals surface area contributed by atoms with Crippen LogP contribution in [0.15, 0.2) is 62.4 Å². The molecule has 3 N–H and O–H groups in total. The predicted molar refractivity (Wildman–Crippen MR) is 120 cm³/mol. The van der Waals surface area contributed by atoms with E-state index in [0.29, 0.717) is 35.4 Å². The summed E-state index contributed by atoms with van der Waals surface area (Å²) in [5, 5.41) is 7.16. The van der Waals surface area contributed by atoms with Gasteiger partial charge in [0.2, 0.25) is 20.0 Å². The molecule has 2 aliphatic carbocycles. The van der Waals surface area contributed by atoms with E-state index in [2.05, 4.69) is 24.7 Å². The van der Waals surface area contributed by atoms with E-state index in [1.54, 1.807) is 24.3 Å². The molecule has 2 aliphatic rings. The Morgan fingerprint density at radius 1 is 1.03 bits per heavy atom. The van der Waals surface area contributed by atoms with E-state index in [-0.39, 0.29) is 24.6 Å². The van der Waals surface area contributed by atoms with Crippen molar-refractivity contribution in [2.75, 3.05) is 7.05 Å². The second kappa shape index (κ2) is 9.73. The molecule has 1 heterocycles. The van der Waals surface area contributed by atoms with Crippen LogP contribution >= 0.6 is 0 Å². The number of nitrogens with two attached hydrogens (primary N) is 1. The first-order valence-corrected chi connectivity index (χ1v) is 12.5. The van der Waals surface area contributed by atoms with E-state index in [4.69, 9.17) is 5.14 Å². The fourth-order valence-electron chi connectivity index (χ4n) is 3.01. The first-order chi connectivity index (χ1) is 15.0. The Morgan fingerprint density at radius 2 is 1.62 bits per heavy atom. The molecule has 0 bridgehead atoms. The normalized spacial score (nSPS) is 22.3. The highest BCUT2D eigenvalue weighted by Gasteiger charge is 2.14. The van der Waals surface area contributed by atoms with Crippen LogP contribution in [0.25, 0.3) is 0 Å². The zero-order valence-electron chi connectivity index (χ0n) is 17.1. The summed E-state index contributed by atoms with van der Waals surface area (Å²) in [7, 11) is -5.99. The van der Waals surface area contributed by atoms with Crippen molar-refractivity contribution in [2.45, 2.75) is 25.7 Å². The SMILES string of the molecule is CNS(=O)(=O)C=C1CC=CC(=Nc2nc(N=C3C=CCC(=CS(N)(=O)=O)C3)ncc2F)C1. The molecule has 0 aromatic carbocycles. The molecule has 0 amide bonds. The van der Waals surface area contributed by atoms with Gasteiger partial charge in [-0.3, -0.25) is 0 Å². The van der Waals surface area contributed by atoms with Crippen molar-refractivity contribution in [1.29, 1.82) is 0 Å². The maximum absolute atomic E-state index is 14.2. The van der Waals surface area contributed by atoms with Gasteiger partial charge in [-0.2, -0.15) is 4.98 Å². The van der Waals surface area contributed by atoms with Gasteiger partial charge < -0.3 is 0 Å². The zero-order valence-corrected chi connectivity index (χ0v) is 18.7. The Labute approximate surface area is 185 Å². The number of rotatable bonds is 5. The molecule has 1 aromatic rings. The fourth-order valence-corrected chi connectivity index (χ4v) is 4.39. The van der Waals surface area contributed by atoms with Crippen LogP contribution in [0.5, 0.6) is 0 Å².